The highest BCUT2D eigenvalue weighted by Crippen LogP contribution is 2.36. The first-order valence-electron chi connectivity index (χ1n) is 10.0. The van der Waals surface area contributed by atoms with Crippen LogP contribution in [-0.4, -0.2) is 19.1 Å². The molecule has 1 rings (SSSR count). The molecule has 0 radical (unpaired) electrons. The van der Waals surface area contributed by atoms with Crippen LogP contribution in [0.1, 0.15) is 96.8 Å². The third-order valence-corrected chi connectivity index (χ3v) is 5.59. The summed E-state index contributed by atoms with van der Waals surface area (Å²) < 4.78 is 4.68. The third kappa shape index (κ3) is 8.74. The van der Waals surface area contributed by atoms with Gasteiger partial charge in [-0.15, -0.1) is 0 Å². The molecule has 0 bridgehead atoms. The first-order chi connectivity index (χ1) is 11.2. The van der Waals surface area contributed by atoms with Crippen LogP contribution in [-0.2, 0) is 9.53 Å². The smallest absolute Gasteiger partial charge is 0.305 e. The number of unbranched alkanes of at least 4 members (excludes halogenated alkanes) is 6. The molecule has 0 aromatic carbocycles. The lowest BCUT2D eigenvalue weighted by atomic mass is 9.72. The van der Waals surface area contributed by atoms with E-state index in [2.05, 4.69) is 11.7 Å². The van der Waals surface area contributed by atoms with E-state index in [0.717, 1.165) is 24.7 Å². The molecule has 0 aliphatic heterocycles. The Bertz CT molecular complexity index is 306. The molecule has 1 saturated carbocycles. The van der Waals surface area contributed by atoms with Crippen molar-refractivity contribution in [1.82, 2.24) is 0 Å². The Morgan fingerprint density at radius 1 is 1.00 bits per heavy atom. The fourth-order valence-corrected chi connectivity index (χ4v) is 4.14. The Morgan fingerprint density at radius 2 is 1.70 bits per heavy atom. The molecule has 0 saturated heterocycles. The molecule has 3 nitrogen and oxygen atoms in total. The topological polar surface area (TPSA) is 52.3 Å². The monoisotopic (exact) mass is 325 g/mol. The van der Waals surface area contributed by atoms with Crippen LogP contribution < -0.4 is 5.73 Å². The minimum absolute atomic E-state index is 0.0774. The highest BCUT2D eigenvalue weighted by molar-refractivity contribution is 5.68. The van der Waals surface area contributed by atoms with Gasteiger partial charge in [0.15, 0.2) is 0 Å². The number of carbonyl (C=O) groups excluding carboxylic acids is 1. The van der Waals surface area contributed by atoms with Gasteiger partial charge in [0, 0.05) is 12.5 Å². The standard InChI is InChI=1S/C20H39NO2/c1-3-4-5-8-12-17-13-11-15-19(21)18(17)14-9-6-7-10-16-20(22)23-2/h17-19H,3-16,21H2,1-2H3/t17-,18-,19+/m1/s1. The molecular weight excluding hydrogens is 286 g/mol. The lowest BCUT2D eigenvalue weighted by molar-refractivity contribution is -0.140. The van der Waals surface area contributed by atoms with Crippen LogP contribution >= 0.6 is 0 Å². The number of carbonyl (C=O) groups is 1. The number of hydrogen-bond acceptors (Lipinski definition) is 3. The third-order valence-electron chi connectivity index (χ3n) is 5.59. The summed E-state index contributed by atoms with van der Waals surface area (Å²) in [7, 11) is 1.47. The van der Waals surface area contributed by atoms with Crippen molar-refractivity contribution in [2.24, 2.45) is 17.6 Å². The molecule has 0 amide bonds. The average Bonchev–Trinajstić information content (AvgIpc) is 2.56. The van der Waals surface area contributed by atoms with E-state index in [1.807, 2.05) is 0 Å². The second-order valence-electron chi connectivity index (χ2n) is 7.40. The molecule has 3 atom stereocenters. The lowest BCUT2D eigenvalue weighted by Crippen LogP contribution is -2.38. The maximum absolute atomic E-state index is 11.1. The van der Waals surface area contributed by atoms with E-state index >= 15 is 0 Å². The summed E-state index contributed by atoms with van der Waals surface area (Å²) in [6.07, 6.45) is 17.3. The molecular formula is C20H39NO2. The summed E-state index contributed by atoms with van der Waals surface area (Å²) in [5.74, 6) is 1.53. The van der Waals surface area contributed by atoms with Crippen LogP contribution in [0.5, 0.6) is 0 Å². The van der Waals surface area contributed by atoms with Crippen molar-refractivity contribution in [3.63, 3.8) is 0 Å². The van der Waals surface area contributed by atoms with E-state index in [4.69, 9.17) is 5.73 Å². The zero-order chi connectivity index (χ0) is 16.9. The van der Waals surface area contributed by atoms with Gasteiger partial charge in [-0.05, 0) is 31.1 Å². The Balaban J connectivity index is 2.19. The molecule has 1 fully saturated rings. The van der Waals surface area contributed by atoms with Gasteiger partial charge in [0.25, 0.3) is 0 Å². The Morgan fingerprint density at radius 3 is 2.43 bits per heavy atom. The number of ether oxygens (including phenoxy) is 1. The number of methoxy groups -OCH3 is 1. The molecule has 2 N–H and O–H groups in total. The predicted octanol–water partition coefficient (Wildman–Crippen LogP) is 5.21. The summed E-state index contributed by atoms with van der Waals surface area (Å²) in [6.45, 7) is 2.28. The Hall–Kier alpha value is -0.570. The van der Waals surface area contributed by atoms with Crippen molar-refractivity contribution in [2.45, 2.75) is 103 Å². The van der Waals surface area contributed by atoms with Gasteiger partial charge in [-0.2, -0.15) is 0 Å². The summed E-state index contributed by atoms with van der Waals surface area (Å²) in [4.78, 5) is 11.1. The summed E-state index contributed by atoms with van der Waals surface area (Å²) in [5.41, 5.74) is 6.44. The Labute approximate surface area is 143 Å². The van der Waals surface area contributed by atoms with Crippen molar-refractivity contribution >= 4 is 5.97 Å². The highest BCUT2D eigenvalue weighted by atomic mass is 16.5. The van der Waals surface area contributed by atoms with E-state index < -0.39 is 0 Å². The van der Waals surface area contributed by atoms with Gasteiger partial charge < -0.3 is 10.5 Å². The van der Waals surface area contributed by atoms with Crippen molar-refractivity contribution in [3.8, 4) is 0 Å². The lowest BCUT2D eigenvalue weighted by Gasteiger charge is -2.37. The summed E-state index contributed by atoms with van der Waals surface area (Å²) in [5, 5.41) is 0. The van der Waals surface area contributed by atoms with E-state index in [-0.39, 0.29) is 5.97 Å². The molecule has 0 aromatic rings. The first kappa shape index (κ1) is 20.5. The van der Waals surface area contributed by atoms with Gasteiger partial charge in [-0.1, -0.05) is 71.1 Å². The molecule has 1 aliphatic rings. The number of rotatable bonds is 12. The fourth-order valence-electron chi connectivity index (χ4n) is 4.14. The van der Waals surface area contributed by atoms with Gasteiger partial charge in [-0.25, -0.2) is 0 Å². The van der Waals surface area contributed by atoms with Crippen molar-refractivity contribution < 1.29 is 9.53 Å². The average molecular weight is 326 g/mol. The Kier molecular flexibility index (Phi) is 11.4. The van der Waals surface area contributed by atoms with Crippen LogP contribution in [0, 0.1) is 11.8 Å². The second kappa shape index (κ2) is 12.8. The molecule has 1 aliphatic carbocycles. The zero-order valence-electron chi connectivity index (χ0n) is 15.5. The predicted molar refractivity (Wildman–Crippen MR) is 97.3 cm³/mol. The van der Waals surface area contributed by atoms with E-state index in [1.165, 1.54) is 77.7 Å². The number of nitrogens with two attached hydrogens (primary N) is 1. The fraction of sp³-hybridized carbons (Fsp3) is 0.950. The minimum Gasteiger partial charge on any atom is -0.469 e. The van der Waals surface area contributed by atoms with Gasteiger partial charge >= 0.3 is 5.97 Å². The molecule has 136 valence electrons. The molecule has 3 heteroatoms. The van der Waals surface area contributed by atoms with Crippen LogP contribution in [0.2, 0.25) is 0 Å². The van der Waals surface area contributed by atoms with Gasteiger partial charge in [-0.3, -0.25) is 4.79 Å². The van der Waals surface area contributed by atoms with Crippen LogP contribution in [0.3, 0.4) is 0 Å². The van der Waals surface area contributed by atoms with Crippen LogP contribution in [0.15, 0.2) is 0 Å². The number of hydrogen-bond donors (Lipinski definition) is 1. The molecule has 23 heavy (non-hydrogen) atoms. The number of esters is 1. The maximum atomic E-state index is 11.1. The zero-order valence-corrected chi connectivity index (χ0v) is 15.5. The second-order valence-corrected chi connectivity index (χ2v) is 7.40. The molecule has 0 aromatic heterocycles. The highest BCUT2D eigenvalue weighted by Gasteiger charge is 2.29. The van der Waals surface area contributed by atoms with E-state index in [0.29, 0.717) is 12.5 Å². The van der Waals surface area contributed by atoms with Crippen molar-refractivity contribution in [1.29, 1.82) is 0 Å². The van der Waals surface area contributed by atoms with Gasteiger partial charge in [0.2, 0.25) is 0 Å². The van der Waals surface area contributed by atoms with Crippen molar-refractivity contribution in [3.05, 3.63) is 0 Å². The normalized spacial score (nSPS) is 24.6. The minimum atomic E-state index is -0.0774. The summed E-state index contributed by atoms with van der Waals surface area (Å²) >= 11 is 0. The molecule has 0 unspecified atom stereocenters. The largest absolute Gasteiger partial charge is 0.469 e. The van der Waals surface area contributed by atoms with Gasteiger partial charge in [0.05, 0.1) is 7.11 Å². The van der Waals surface area contributed by atoms with E-state index in [9.17, 15) is 4.79 Å². The molecule has 0 spiro atoms. The molecule has 0 heterocycles. The van der Waals surface area contributed by atoms with Crippen LogP contribution in [0.25, 0.3) is 0 Å². The maximum Gasteiger partial charge on any atom is 0.305 e. The first-order valence-corrected chi connectivity index (χ1v) is 10.0. The van der Waals surface area contributed by atoms with E-state index in [1.54, 1.807) is 0 Å². The quantitative estimate of drug-likeness (QED) is 0.395. The van der Waals surface area contributed by atoms with Crippen LogP contribution in [0.4, 0.5) is 0 Å². The summed E-state index contributed by atoms with van der Waals surface area (Å²) in [6, 6.07) is 0.426. The van der Waals surface area contributed by atoms with Gasteiger partial charge in [0.1, 0.15) is 0 Å². The van der Waals surface area contributed by atoms with Crippen molar-refractivity contribution in [2.75, 3.05) is 7.11 Å². The SMILES string of the molecule is CCCCCC[C@@H]1CCC[C@H](N)[C@@H]1CCCCCCC(=O)OC.